The molecule has 38 heavy (non-hydrogen) atoms. The first-order valence-corrected chi connectivity index (χ1v) is 13.1. The summed E-state index contributed by atoms with van der Waals surface area (Å²) in [5, 5.41) is 2.89. The van der Waals surface area contributed by atoms with Gasteiger partial charge in [-0.1, -0.05) is 6.92 Å². The maximum atomic E-state index is 13.7. The highest BCUT2D eigenvalue weighted by Crippen LogP contribution is 2.31. The first-order valence-electron chi connectivity index (χ1n) is 13.1. The van der Waals surface area contributed by atoms with Gasteiger partial charge in [0.25, 0.3) is 0 Å². The first kappa shape index (κ1) is 26.2. The number of hydrogen-bond donors (Lipinski definition) is 2. The van der Waals surface area contributed by atoms with Crippen LogP contribution in [0, 0.1) is 11.7 Å². The van der Waals surface area contributed by atoms with E-state index >= 15 is 0 Å². The lowest BCUT2D eigenvalue weighted by atomic mass is 10.1. The Hall–Kier alpha value is -3.41. The van der Waals surface area contributed by atoms with Gasteiger partial charge in [0, 0.05) is 44.5 Å². The normalized spacial score (nSPS) is 20.4. The average molecular weight is 524 g/mol. The van der Waals surface area contributed by atoms with Crippen molar-refractivity contribution in [3.63, 3.8) is 0 Å². The van der Waals surface area contributed by atoms with E-state index < -0.39 is 6.29 Å². The molecule has 0 aliphatic carbocycles. The monoisotopic (exact) mass is 523 g/mol. The molecule has 2 fully saturated rings. The molecule has 2 aliphatic heterocycles. The first-order chi connectivity index (χ1) is 18.5. The summed E-state index contributed by atoms with van der Waals surface area (Å²) in [6, 6.07) is 8.08. The molecule has 0 atom stereocenters. The summed E-state index contributed by atoms with van der Waals surface area (Å²) >= 11 is 0. The van der Waals surface area contributed by atoms with E-state index in [1.807, 2.05) is 13.0 Å². The topological polar surface area (TPSA) is 108 Å². The van der Waals surface area contributed by atoms with E-state index in [4.69, 9.17) is 19.4 Å². The Morgan fingerprint density at radius 3 is 2.55 bits per heavy atom. The van der Waals surface area contributed by atoms with Crippen molar-refractivity contribution in [2.45, 2.75) is 26.1 Å². The van der Waals surface area contributed by atoms with Crippen molar-refractivity contribution in [1.82, 2.24) is 30.2 Å². The van der Waals surface area contributed by atoms with Gasteiger partial charge in [-0.3, -0.25) is 4.79 Å². The molecule has 202 valence electrons. The summed E-state index contributed by atoms with van der Waals surface area (Å²) in [7, 11) is 2.11. The van der Waals surface area contributed by atoms with E-state index in [0.29, 0.717) is 49.3 Å². The third kappa shape index (κ3) is 6.17. The number of piperazine rings is 1. The molecule has 0 radical (unpaired) electrons. The smallest absolute Gasteiger partial charge is 0.227 e. The molecule has 0 saturated carbocycles. The number of aromatic nitrogens is 4. The molecule has 2 saturated heterocycles. The van der Waals surface area contributed by atoms with E-state index in [1.165, 1.54) is 12.1 Å². The Morgan fingerprint density at radius 1 is 1.11 bits per heavy atom. The number of imidazole rings is 1. The number of carbonyl (C=O) groups is 1. The minimum Gasteiger partial charge on any atom is -0.356 e. The summed E-state index contributed by atoms with van der Waals surface area (Å²) in [6.45, 7) is 6.84. The lowest BCUT2D eigenvalue weighted by molar-refractivity contribution is -0.200. The summed E-state index contributed by atoms with van der Waals surface area (Å²) in [5.41, 5.74) is 2.85. The Morgan fingerprint density at radius 2 is 1.84 bits per heavy atom. The predicted molar refractivity (Wildman–Crippen MR) is 141 cm³/mol. The Bertz CT molecular complexity index is 1220. The number of halogens is 1. The van der Waals surface area contributed by atoms with E-state index in [9.17, 15) is 9.18 Å². The number of H-pyrrole nitrogens is 1. The fourth-order valence-corrected chi connectivity index (χ4v) is 4.53. The number of benzene rings is 1. The number of aromatic amines is 1. The number of rotatable bonds is 8. The van der Waals surface area contributed by atoms with Crippen molar-refractivity contribution in [2.75, 3.05) is 57.9 Å². The second kappa shape index (κ2) is 12.0. The molecule has 3 aromatic rings. The lowest BCUT2D eigenvalue weighted by Gasteiger charge is -2.32. The largest absolute Gasteiger partial charge is 0.356 e. The van der Waals surface area contributed by atoms with Gasteiger partial charge in [0.2, 0.25) is 11.9 Å². The van der Waals surface area contributed by atoms with Gasteiger partial charge < -0.3 is 29.6 Å². The maximum Gasteiger partial charge on any atom is 0.227 e. The highest BCUT2D eigenvalue weighted by atomic mass is 19.1. The minimum atomic E-state index is -0.531. The summed E-state index contributed by atoms with van der Waals surface area (Å²) in [5.74, 6) is 0.631. The SMILES string of the molecule is CCCNC(=O)C1COC(Cc2nc(-c3ccc(F)cc3)c(-c3ccnc(N4CCN(C)CC4)n3)[nH]2)OC1. The summed E-state index contributed by atoms with van der Waals surface area (Å²) in [6.07, 6.45) is 2.47. The van der Waals surface area contributed by atoms with Crippen molar-refractivity contribution >= 4 is 11.9 Å². The predicted octanol–water partition coefficient (Wildman–Crippen LogP) is 2.48. The number of hydrogen-bond acceptors (Lipinski definition) is 8. The summed E-state index contributed by atoms with van der Waals surface area (Å²) < 4.78 is 25.4. The van der Waals surface area contributed by atoms with Gasteiger partial charge >= 0.3 is 0 Å². The van der Waals surface area contributed by atoms with Gasteiger partial charge in [-0.2, -0.15) is 0 Å². The molecule has 2 N–H and O–H groups in total. The van der Waals surface area contributed by atoms with E-state index in [-0.39, 0.29) is 17.6 Å². The molecule has 1 aromatic carbocycles. The zero-order valence-corrected chi connectivity index (χ0v) is 21.8. The van der Waals surface area contributed by atoms with Gasteiger partial charge in [-0.15, -0.1) is 0 Å². The molecular formula is C27H34FN7O3. The van der Waals surface area contributed by atoms with E-state index in [0.717, 1.165) is 43.9 Å². The van der Waals surface area contributed by atoms with Crippen LogP contribution in [-0.4, -0.2) is 90.0 Å². The van der Waals surface area contributed by atoms with Crippen LogP contribution >= 0.6 is 0 Å². The van der Waals surface area contributed by atoms with Crippen LogP contribution in [0.4, 0.5) is 10.3 Å². The molecule has 0 unspecified atom stereocenters. The highest BCUT2D eigenvalue weighted by molar-refractivity contribution is 5.79. The van der Waals surface area contributed by atoms with Gasteiger partial charge in [0.1, 0.15) is 11.6 Å². The standard InChI is InChI=1S/C27H34FN7O3/c1-3-9-29-26(36)19-16-37-23(38-17-19)15-22-32-24(18-4-6-20(28)7-5-18)25(33-22)21-8-10-30-27(31-21)35-13-11-34(2)12-14-35/h4-8,10,19,23H,3,9,11-17H2,1-2H3,(H,29,36)(H,32,33). The van der Waals surface area contributed by atoms with Crippen LogP contribution in [0.2, 0.25) is 0 Å². The van der Waals surface area contributed by atoms with Crippen molar-refractivity contribution < 1.29 is 18.7 Å². The van der Waals surface area contributed by atoms with Crippen LogP contribution in [0.3, 0.4) is 0 Å². The maximum absolute atomic E-state index is 13.7. The fraction of sp³-hybridized carbons (Fsp3) is 0.481. The van der Waals surface area contributed by atoms with Crippen molar-refractivity contribution in [1.29, 1.82) is 0 Å². The zero-order valence-electron chi connectivity index (χ0n) is 21.8. The Kier molecular flexibility index (Phi) is 8.26. The third-order valence-electron chi connectivity index (χ3n) is 6.80. The Balaban J connectivity index is 1.36. The van der Waals surface area contributed by atoms with Crippen LogP contribution in [0.1, 0.15) is 19.2 Å². The number of anilines is 1. The quantitative estimate of drug-likeness (QED) is 0.464. The minimum absolute atomic E-state index is 0.0518. The third-order valence-corrected chi connectivity index (χ3v) is 6.80. The van der Waals surface area contributed by atoms with Gasteiger partial charge in [-0.25, -0.2) is 19.3 Å². The van der Waals surface area contributed by atoms with E-state index in [2.05, 4.69) is 32.1 Å². The van der Waals surface area contributed by atoms with Crippen LogP contribution in [0.25, 0.3) is 22.6 Å². The number of amides is 1. The molecule has 4 heterocycles. The van der Waals surface area contributed by atoms with Crippen molar-refractivity contribution in [2.24, 2.45) is 5.92 Å². The molecule has 11 heteroatoms. The number of nitrogens with one attached hydrogen (secondary N) is 2. The molecule has 0 spiro atoms. The van der Waals surface area contributed by atoms with Crippen LogP contribution in [-0.2, 0) is 20.7 Å². The van der Waals surface area contributed by atoms with Crippen LogP contribution in [0.15, 0.2) is 36.5 Å². The number of ether oxygens (including phenoxy) is 2. The zero-order chi connectivity index (χ0) is 26.5. The Labute approximate surface area is 221 Å². The highest BCUT2D eigenvalue weighted by Gasteiger charge is 2.29. The van der Waals surface area contributed by atoms with Gasteiger partial charge in [-0.05, 0) is 43.8 Å². The number of carbonyl (C=O) groups excluding carboxylic acids is 1. The molecular weight excluding hydrogens is 489 g/mol. The average Bonchev–Trinajstić information content (AvgIpc) is 3.36. The van der Waals surface area contributed by atoms with Gasteiger partial charge in [0.05, 0.1) is 42.6 Å². The molecule has 10 nitrogen and oxygen atoms in total. The second-order valence-corrected chi connectivity index (χ2v) is 9.73. The number of nitrogens with zero attached hydrogens (tertiary/aromatic N) is 5. The molecule has 1 amide bonds. The van der Waals surface area contributed by atoms with Crippen molar-refractivity contribution in [3.05, 3.63) is 48.2 Å². The fourth-order valence-electron chi connectivity index (χ4n) is 4.53. The number of likely N-dealkylation sites (N-methyl/N-ethyl adjacent to an activating group) is 1. The second-order valence-electron chi connectivity index (χ2n) is 9.73. The molecule has 5 rings (SSSR count). The molecule has 2 aromatic heterocycles. The molecule has 2 aliphatic rings. The molecule has 0 bridgehead atoms. The van der Waals surface area contributed by atoms with Crippen molar-refractivity contribution in [3.8, 4) is 22.6 Å². The lowest BCUT2D eigenvalue weighted by Crippen LogP contribution is -2.45. The van der Waals surface area contributed by atoms with Gasteiger partial charge in [0.15, 0.2) is 6.29 Å². The van der Waals surface area contributed by atoms with E-state index in [1.54, 1.807) is 18.3 Å². The summed E-state index contributed by atoms with van der Waals surface area (Å²) in [4.78, 5) is 34.3. The van der Waals surface area contributed by atoms with Crippen LogP contribution in [0.5, 0.6) is 0 Å². The van der Waals surface area contributed by atoms with Crippen LogP contribution < -0.4 is 10.2 Å².